The predicted octanol–water partition coefficient (Wildman–Crippen LogP) is 3.16. The third kappa shape index (κ3) is 1.61. The normalized spacial score (nSPS) is 23.5. The van der Waals surface area contributed by atoms with Crippen LogP contribution in [0.3, 0.4) is 0 Å². The lowest BCUT2D eigenvalue weighted by Crippen LogP contribution is -2.44. The molecule has 2 aliphatic heterocycles. The number of hydrogen-bond acceptors (Lipinski definition) is 2. The maximum atomic E-state index is 11.6. The number of fused-ring (bicyclic) bond motifs is 5. The summed E-state index contributed by atoms with van der Waals surface area (Å²) in [4.78, 5) is 14.0. The van der Waals surface area contributed by atoms with Crippen LogP contribution in [0.15, 0.2) is 48.5 Å². The molecule has 4 rings (SSSR count). The average molecular weight is 263 g/mol. The van der Waals surface area contributed by atoms with Gasteiger partial charge < -0.3 is 9.69 Å². The van der Waals surface area contributed by atoms with Gasteiger partial charge in [0.05, 0.1) is 6.04 Å². The Morgan fingerprint density at radius 3 is 2.60 bits per heavy atom. The quantitative estimate of drug-likeness (QED) is 0.737. The van der Waals surface area contributed by atoms with Gasteiger partial charge >= 0.3 is 0 Å². The third-order valence-corrected chi connectivity index (χ3v) is 4.67. The summed E-state index contributed by atoms with van der Waals surface area (Å²) in [5.41, 5.74) is 5.36. The van der Waals surface area contributed by atoms with Gasteiger partial charge in [-0.1, -0.05) is 42.5 Å². The average Bonchev–Trinajstić information content (AvgIpc) is 2.53. The number of carbonyl (C=O) groups excluding carboxylic acids is 1. The largest absolute Gasteiger partial charge is 0.363 e. The molecule has 100 valence electrons. The third-order valence-electron chi connectivity index (χ3n) is 4.67. The van der Waals surface area contributed by atoms with Crippen LogP contribution in [-0.2, 0) is 17.6 Å². The number of para-hydroxylation sites is 1. The van der Waals surface area contributed by atoms with Crippen LogP contribution in [0.25, 0.3) is 0 Å². The summed E-state index contributed by atoms with van der Waals surface area (Å²) >= 11 is 0. The van der Waals surface area contributed by atoms with Crippen molar-refractivity contribution in [2.24, 2.45) is 5.92 Å². The molecular weight excluding hydrogens is 246 g/mol. The van der Waals surface area contributed by atoms with Crippen molar-refractivity contribution in [3.8, 4) is 0 Å². The van der Waals surface area contributed by atoms with Gasteiger partial charge in [-0.3, -0.25) is 0 Å². The molecule has 2 nitrogen and oxygen atoms in total. The van der Waals surface area contributed by atoms with Crippen molar-refractivity contribution < 1.29 is 4.79 Å². The van der Waals surface area contributed by atoms with Crippen molar-refractivity contribution in [2.75, 3.05) is 11.4 Å². The molecule has 2 aromatic rings. The van der Waals surface area contributed by atoms with E-state index in [0.29, 0.717) is 0 Å². The zero-order valence-electron chi connectivity index (χ0n) is 11.3. The van der Waals surface area contributed by atoms with Crippen molar-refractivity contribution in [3.63, 3.8) is 0 Å². The lowest BCUT2D eigenvalue weighted by molar-refractivity contribution is -0.111. The Morgan fingerprint density at radius 2 is 1.75 bits per heavy atom. The van der Waals surface area contributed by atoms with E-state index in [1.54, 1.807) is 0 Å². The van der Waals surface area contributed by atoms with Crippen LogP contribution < -0.4 is 4.90 Å². The van der Waals surface area contributed by atoms with Gasteiger partial charge in [-0.15, -0.1) is 0 Å². The summed E-state index contributed by atoms with van der Waals surface area (Å²) in [5, 5.41) is 0. The Hall–Kier alpha value is -2.09. The molecule has 0 radical (unpaired) electrons. The Bertz CT molecular complexity index is 664. The van der Waals surface area contributed by atoms with E-state index in [-0.39, 0.29) is 12.0 Å². The van der Waals surface area contributed by atoms with Crippen LogP contribution in [0.2, 0.25) is 0 Å². The van der Waals surface area contributed by atoms with E-state index < -0.39 is 0 Å². The van der Waals surface area contributed by atoms with Gasteiger partial charge in [0.25, 0.3) is 0 Å². The molecule has 0 spiro atoms. The zero-order chi connectivity index (χ0) is 13.5. The number of aldehydes is 1. The summed E-state index contributed by atoms with van der Waals surface area (Å²) in [6.07, 6.45) is 3.07. The minimum Gasteiger partial charge on any atom is -0.363 e. The molecule has 2 heterocycles. The highest BCUT2D eigenvalue weighted by atomic mass is 16.1. The number of hydrogen-bond donors (Lipinski definition) is 0. The van der Waals surface area contributed by atoms with Crippen LogP contribution >= 0.6 is 0 Å². The molecule has 0 aromatic heterocycles. The maximum Gasteiger partial charge on any atom is 0.125 e. The van der Waals surface area contributed by atoms with Crippen molar-refractivity contribution in [3.05, 3.63) is 65.2 Å². The van der Waals surface area contributed by atoms with E-state index in [0.717, 1.165) is 25.7 Å². The lowest BCUT2D eigenvalue weighted by atomic mass is 9.78. The van der Waals surface area contributed by atoms with Gasteiger partial charge in [-0.25, -0.2) is 0 Å². The molecule has 2 aliphatic rings. The Balaban J connectivity index is 1.89. The highest BCUT2D eigenvalue weighted by Crippen LogP contribution is 2.44. The van der Waals surface area contributed by atoms with E-state index in [1.165, 1.54) is 22.4 Å². The monoisotopic (exact) mass is 263 g/mol. The summed E-state index contributed by atoms with van der Waals surface area (Å²) in [6, 6.07) is 17.3. The predicted molar refractivity (Wildman–Crippen MR) is 79.9 cm³/mol. The van der Waals surface area contributed by atoms with Gasteiger partial charge in [0.1, 0.15) is 6.29 Å². The summed E-state index contributed by atoms with van der Waals surface area (Å²) < 4.78 is 0. The van der Waals surface area contributed by atoms with Gasteiger partial charge in [-0.2, -0.15) is 0 Å². The Morgan fingerprint density at radius 1 is 1.00 bits per heavy atom. The van der Waals surface area contributed by atoms with Gasteiger partial charge in [0, 0.05) is 18.2 Å². The number of anilines is 1. The van der Waals surface area contributed by atoms with Crippen LogP contribution in [0, 0.1) is 5.92 Å². The first-order chi connectivity index (χ1) is 9.88. The molecule has 20 heavy (non-hydrogen) atoms. The smallest absolute Gasteiger partial charge is 0.125 e. The Kier molecular flexibility index (Phi) is 2.62. The van der Waals surface area contributed by atoms with Crippen LogP contribution in [0.4, 0.5) is 5.69 Å². The van der Waals surface area contributed by atoms with Crippen LogP contribution in [0.5, 0.6) is 0 Å². The number of carbonyl (C=O) groups is 1. The zero-order valence-corrected chi connectivity index (χ0v) is 11.3. The van der Waals surface area contributed by atoms with Crippen molar-refractivity contribution in [2.45, 2.75) is 18.9 Å². The highest BCUT2D eigenvalue weighted by Gasteiger charge is 2.38. The van der Waals surface area contributed by atoms with Crippen molar-refractivity contribution in [1.29, 1.82) is 0 Å². The molecule has 0 bridgehead atoms. The Labute approximate surface area is 119 Å². The number of nitrogens with zero attached hydrogens (tertiary/aromatic N) is 1. The standard InChI is InChI=1S/C18H17NO/c20-12-15-11-14-6-2-4-8-17(14)19-10-9-13-5-1-3-7-16(13)18(15)19/h1-8,12,15,18H,9-11H2/t15-,18+/m0/s1. The van der Waals surface area contributed by atoms with Crippen LogP contribution in [-0.4, -0.2) is 12.8 Å². The first kappa shape index (κ1) is 11.7. The second kappa shape index (κ2) is 4.48. The molecule has 0 aliphatic carbocycles. The van der Waals surface area contributed by atoms with E-state index >= 15 is 0 Å². The van der Waals surface area contributed by atoms with Gasteiger partial charge in [0.2, 0.25) is 0 Å². The fourth-order valence-electron chi connectivity index (χ4n) is 3.78. The first-order valence-corrected chi connectivity index (χ1v) is 7.26. The van der Waals surface area contributed by atoms with E-state index in [9.17, 15) is 4.79 Å². The lowest BCUT2D eigenvalue weighted by Gasteiger charge is -2.45. The second-order valence-corrected chi connectivity index (χ2v) is 5.72. The summed E-state index contributed by atoms with van der Waals surface area (Å²) in [6.45, 7) is 1.00. The van der Waals surface area contributed by atoms with Gasteiger partial charge in [0.15, 0.2) is 0 Å². The molecule has 2 atom stereocenters. The highest BCUT2D eigenvalue weighted by molar-refractivity contribution is 5.67. The van der Waals surface area contributed by atoms with Gasteiger partial charge in [-0.05, 0) is 35.6 Å². The van der Waals surface area contributed by atoms with E-state index in [2.05, 4.69) is 53.4 Å². The van der Waals surface area contributed by atoms with E-state index in [1.807, 2.05) is 0 Å². The van der Waals surface area contributed by atoms with Crippen molar-refractivity contribution >= 4 is 12.0 Å². The molecule has 2 heteroatoms. The topological polar surface area (TPSA) is 20.3 Å². The summed E-state index contributed by atoms with van der Waals surface area (Å²) in [5.74, 6) is 0.0614. The molecule has 0 amide bonds. The molecule has 0 N–H and O–H groups in total. The maximum absolute atomic E-state index is 11.6. The molecule has 0 fully saturated rings. The summed E-state index contributed by atoms with van der Waals surface area (Å²) in [7, 11) is 0. The molecule has 0 saturated heterocycles. The molecular formula is C18H17NO. The fourth-order valence-corrected chi connectivity index (χ4v) is 3.78. The van der Waals surface area contributed by atoms with E-state index in [4.69, 9.17) is 0 Å². The van der Waals surface area contributed by atoms with Crippen LogP contribution in [0.1, 0.15) is 22.7 Å². The van der Waals surface area contributed by atoms with Crippen molar-refractivity contribution in [1.82, 2.24) is 0 Å². The molecule has 0 unspecified atom stereocenters. The second-order valence-electron chi connectivity index (χ2n) is 5.72. The fraction of sp³-hybridized carbons (Fsp3) is 0.278. The molecule has 2 aromatic carbocycles. The molecule has 0 saturated carbocycles. The number of benzene rings is 2. The first-order valence-electron chi connectivity index (χ1n) is 7.26. The minimum atomic E-state index is 0.0614. The SMILES string of the molecule is O=C[C@@H]1Cc2ccccc2N2CCc3ccccc3[C@@H]12. The minimum absolute atomic E-state index is 0.0614. The number of rotatable bonds is 1.